The first-order valence-electron chi connectivity index (χ1n) is 6.26. The quantitative estimate of drug-likeness (QED) is 0.769. The van der Waals surface area contributed by atoms with Crippen molar-refractivity contribution in [2.75, 3.05) is 0 Å². The van der Waals surface area contributed by atoms with Crippen LogP contribution >= 0.6 is 0 Å². The Bertz CT molecular complexity index is 507. The molecule has 0 aromatic heterocycles. The molecule has 0 radical (unpaired) electrons. The van der Waals surface area contributed by atoms with Crippen LogP contribution in [0.3, 0.4) is 0 Å². The molecule has 3 N–H and O–H groups in total. The highest BCUT2D eigenvalue weighted by molar-refractivity contribution is 5.75. The van der Waals surface area contributed by atoms with E-state index in [1.54, 1.807) is 0 Å². The fourth-order valence-electron chi connectivity index (χ4n) is 2.20. The highest BCUT2D eigenvalue weighted by Crippen LogP contribution is 2.19. The molecule has 1 aliphatic rings. The minimum atomic E-state index is -0.180. The van der Waals surface area contributed by atoms with Crippen molar-refractivity contribution in [3.63, 3.8) is 0 Å². The summed E-state index contributed by atoms with van der Waals surface area (Å²) in [4.78, 5) is 11.8. The summed E-state index contributed by atoms with van der Waals surface area (Å²) >= 11 is 0. The van der Waals surface area contributed by atoms with Gasteiger partial charge in [0.2, 0.25) is 0 Å². The molecule has 4 nitrogen and oxygen atoms in total. The number of rotatable bonds is 2. The van der Waals surface area contributed by atoms with E-state index >= 15 is 0 Å². The Balaban J connectivity index is 1.84. The molecular weight excluding hydrogens is 238 g/mol. The molecule has 3 rings (SSSR count). The summed E-state index contributed by atoms with van der Waals surface area (Å²) in [6.45, 7) is 0. The van der Waals surface area contributed by atoms with E-state index in [1.807, 2.05) is 60.7 Å². The summed E-state index contributed by atoms with van der Waals surface area (Å²) in [5, 5.41) is 9.12. The fourth-order valence-corrected chi connectivity index (χ4v) is 2.20. The SMILES string of the molecule is O=C1NC(c2ccccc2)NC(c2ccccc2)N1. The van der Waals surface area contributed by atoms with E-state index in [2.05, 4.69) is 16.0 Å². The predicted molar refractivity (Wildman–Crippen MR) is 73.2 cm³/mol. The largest absolute Gasteiger partial charge is 0.318 e. The van der Waals surface area contributed by atoms with Crippen LogP contribution in [-0.2, 0) is 0 Å². The first-order valence-corrected chi connectivity index (χ1v) is 6.26. The van der Waals surface area contributed by atoms with Gasteiger partial charge in [0, 0.05) is 0 Å². The molecule has 0 saturated carbocycles. The number of urea groups is 1. The third-order valence-corrected chi connectivity index (χ3v) is 3.15. The van der Waals surface area contributed by atoms with Crippen molar-refractivity contribution in [2.24, 2.45) is 0 Å². The topological polar surface area (TPSA) is 53.2 Å². The first kappa shape index (κ1) is 11.7. The third kappa shape index (κ3) is 2.58. The van der Waals surface area contributed by atoms with E-state index in [0.29, 0.717) is 0 Å². The van der Waals surface area contributed by atoms with Gasteiger partial charge in [0.25, 0.3) is 0 Å². The molecule has 2 atom stereocenters. The maximum atomic E-state index is 11.8. The zero-order chi connectivity index (χ0) is 13.1. The number of hydrogen-bond acceptors (Lipinski definition) is 2. The summed E-state index contributed by atoms with van der Waals surface area (Å²) in [5.74, 6) is 0. The Morgan fingerprint density at radius 1 is 0.684 bits per heavy atom. The Labute approximate surface area is 111 Å². The Morgan fingerprint density at radius 2 is 1.11 bits per heavy atom. The van der Waals surface area contributed by atoms with Gasteiger partial charge in [-0.15, -0.1) is 0 Å². The molecule has 0 aliphatic carbocycles. The van der Waals surface area contributed by atoms with Gasteiger partial charge < -0.3 is 10.6 Å². The van der Waals surface area contributed by atoms with E-state index in [4.69, 9.17) is 0 Å². The van der Waals surface area contributed by atoms with Gasteiger partial charge in [-0.3, -0.25) is 5.32 Å². The Morgan fingerprint density at radius 3 is 1.53 bits per heavy atom. The minimum absolute atomic E-state index is 0.165. The first-order chi connectivity index (χ1) is 9.33. The van der Waals surface area contributed by atoms with Crippen molar-refractivity contribution < 1.29 is 4.79 Å². The van der Waals surface area contributed by atoms with Crippen molar-refractivity contribution in [2.45, 2.75) is 12.3 Å². The molecule has 1 heterocycles. The van der Waals surface area contributed by atoms with Crippen molar-refractivity contribution >= 4 is 6.03 Å². The lowest BCUT2D eigenvalue weighted by Crippen LogP contribution is -2.55. The van der Waals surface area contributed by atoms with E-state index in [9.17, 15) is 4.79 Å². The van der Waals surface area contributed by atoms with Gasteiger partial charge in [-0.2, -0.15) is 0 Å². The lowest BCUT2D eigenvalue weighted by molar-refractivity contribution is 0.208. The molecule has 4 heteroatoms. The second kappa shape index (κ2) is 5.12. The van der Waals surface area contributed by atoms with Crippen LogP contribution < -0.4 is 16.0 Å². The van der Waals surface area contributed by atoms with Crippen LogP contribution in [0.5, 0.6) is 0 Å². The molecule has 19 heavy (non-hydrogen) atoms. The Hall–Kier alpha value is -2.33. The smallest absolute Gasteiger partial charge is 0.317 e. The van der Waals surface area contributed by atoms with Crippen molar-refractivity contribution in [1.29, 1.82) is 0 Å². The molecule has 0 bridgehead atoms. The van der Waals surface area contributed by atoms with Crippen LogP contribution in [0.15, 0.2) is 60.7 Å². The van der Waals surface area contributed by atoms with E-state index < -0.39 is 0 Å². The summed E-state index contributed by atoms with van der Waals surface area (Å²) in [5.41, 5.74) is 2.08. The monoisotopic (exact) mass is 253 g/mol. The van der Waals surface area contributed by atoms with Crippen LogP contribution in [-0.4, -0.2) is 6.03 Å². The summed E-state index contributed by atoms with van der Waals surface area (Å²) in [6.07, 6.45) is -0.361. The van der Waals surface area contributed by atoms with E-state index in [1.165, 1.54) is 0 Å². The third-order valence-electron chi connectivity index (χ3n) is 3.15. The van der Waals surface area contributed by atoms with Crippen LogP contribution in [0.4, 0.5) is 4.79 Å². The minimum Gasteiger partial charge on any atom is -0.318 e. The lowest BCUT2D eigenvalue weighted by Gasteiger charge is -2.33. The van der Waals surface area contributed by atoms with Crippen LogP contribution in [0.2, 0.25) is 0 Å². The average molecular weight is 253 g/mol. The van der Waals surface area contributed by atoms with Gasteiger partial charge in [-0.1, -0.05) is 60.7 Å². The highest BCUT2D eigenvalue weighted by Gasteiger charge is 2.26. The molecule has 1 saturated heterocycles. The summed E-state index contributed by atoms with van der Waals surface area (Å²) < 4.78 is 0. The maximum Gasteiger partial charge on any atom is 0.317 e. The van der Waals surface area contributed by atoms with Crippen molar-refractivity contribution in [1.82, 2.24) is 16.0 Å². The number of carbonyl (C=O) groups is 1. The van der Waals surface area contributed by atoms with Gasteiger partial charge in [0.05, 0.1) is 0 Å². The molecule has 0 spiro atoms. The van der Waals surface area contributed by atoms with Crippen molar-refractivity contribution in [3.8, 4) is 0 Å². The number of hydrogen-bond donors (Lipinski definition) is 3. The fraction of sp³-hybridized carbons (Fsp3) is 0.133. The van der Waals surface area contributed by atoms with Gasteiger partial charge in [-0.05, 0) is 11.1 Å². The van der Waals surface area contributed by atoms with Gasteiger partial charge in [0.1, 0.15) is 12.3 Å². The zero-order valence-corrected chi connectivity index (χ0v) is 10.3. The number of nitrogens with one attached hydrogen (secondary N) is 3. The molecule has 96 valence electrons. The van der Waals surface area contributed by atoms with Gasteiger partial charge in [-0.25, -0.2) is 4.79 Å². The van der Waals surface area contributed by atoms with Crippen LogP contribution in [0, 0.1) is 0 Å². The predicted octanol–water partition coefficient (Wildman–Crippen LogP) is 2.29. The van der Waals surface area contributed by atoms with Gasteiger partial charge >= 0.3 is 6.03 Å². The van der Waals surface area contributed by atoms with E-state index in [-0.39, 0.29) is 18.4 Å². The molecular formula is C15H15N3O. The summed E-state index contributed by atoms with van der Waals surface area (Å²) in [6, 6.07) is 19.6. The molecule has 2 amide bonds. The maximum absolute atomic E-state index is 11.8. The zero-order valence-electron chi connectivity index (χ0n) is 10.3. The number of carbonyl (C=O) groups excluding carboxylic acids is 1. The second-order valence-corrected chi connectivity index (χ2v) is 4.47. The highest BCUT2D eigenvalue weighted by atomic mass is 16.2. The van der Waals surface area contributed by atoms with Crippen LogP contribution in [0.1, 0.15) is 23.5 Å². The molecule has 2 aromatic carbocycles. The molecule has 1 fully saturated rings. The normalized spacial score (nSPS) is 22.4. The standard InChI is InChI=1S/C15H15N3O/c19-15-17-13(11-7-3-1-4-8-11)16-14(18-15)12-9-5-2-6-10-12/h1-10,13-14,16H,(H2,17,18,19). The lowest BCUT2D eigenvalue weighted by atomic mass is 10.1. The average Bonchev–Trinajstić information content (AvgIpc) is 2.48. The Kier molecular flexibility index (Phi) is 3.16. The molecule has 2 aromatic rings. The van der Waals surface area contributed by atoms with Crippen LogP contribution in [0.25, 0.3) is 0 Å². The summed E-state index contributed by atoms with van der Waals surface area (Å²) in [7, 11) is 0. The van der Waals surface area contributed by atoms with Crippen molar-refractivity contribution in [3.05, 3.63) is 71.8 Å². The van der Waals surface area contributed by atoms with Gasteiger partial charge in [0.15, 0.2) is 0 Å². The number of benzene rings is 2. The van der Waals surface area contributed by atoms with E-state index in [0.717, 1.165) is 11.1 Å². The molecule has 2 unspecified atom stereocenters. The molecule has 1 aliphatic heterocycles. The number of amides is 2. The second-order valence-electron chi connectivity index (χ2n) is 4.47.